The summed E-state index contributed by atoms with van der Waals surface area (Å²) in [7, 11) is 0. The summed E-state index contributed by atoms with van der Waals surface area (Å²) in [6.07, 6.45) is 22.4. The second-order valence-electron chi connectivity index (χ2n) is 7.80. The number of hydrogen-bond acceptors (Lipinski definition) is 2. The molecule has 0 spiro atoms. The summed E-state index contributed by atoms with van der Waals surface area (Å²) in [5, 5.41) is 0. The summed E-state index contributed by atoms with van der Waals surface area (Å²) in [5.41, 5.74) is 0.223. The monoisotopic (exact) mass is 336 g/mol. The Morgan fingerprint density at radius 3 is 2.04 bits per heavy atom. The zero-order valence-electron chi connectivity index (χ0n) is 16.1. The number of esters is 1. The molecule has 1 saturated carbocycles. The van der Waals surface area contributed by atoms with Crippen LogP contribution in [0, 0.1) is 5.41 Å². The van der Waals surface area contributed by atoms with Crippen LogP contribution in [0.2, 0.25) is 0 Å². The third kappa shape index (κ3) is 9.49. The lowest BCUT2D eigenvalue weighted by Crippen LogP contribution is -2.29. The van der Waals surface area contributed by atoms with Gasteiger partial charge in [0.05, 0.1) is 6.61 Å². The molecule has 2 nitrogen and oxygen atoms in total. The highest BCUT2D eigenvalue weighted by Crippen LogP contribution is 2.38. The van der Waals surface area contributed by atoms with Gasteiger partial charge in [0.15, 0.2) is 0 Å². The molecule has 0 N–H and O–H groups in total. The van der Waals surface area contributed by atoms with E-state index in [2.05, 4.69) is 13.5 Å². The minimum absolute atomic E-state index is 0.223. The van der Waals surface area contributed by atoms with Gasteiger partial charge in [0.25, 0.3) is 0 Å². The van der Waals surface area contributed by atoms with Gasteiger partial charge in [-0.25, -0.2) is 4.79 Å². The Morgan fingerprint density at radius 2 is 1.46 bits per heavy atom. The highest BCUT2D eigenvalue weighted by Gasteiger charge is 2.30. The summed E-state index contributed by atoms with van der Waals surface area (Å²) >= 11 is 0. The van der Waals surface area contributed by atoms with Gasteiger partial charge in [0.2, 0.25) is 0 Å². The van der Waals surface area contributed by atoms with Crippen molar-refractivity contribution in [3.63, 3.8) is 0 Å². The molecule has 0 atom stereocenters. The highest BCUT2D eigenvalue weighted by atomic mass is 16.5. The van der Waals surface area contributed by atoms with Gasteiger partial charge < -0.3 is 4.74 Å². The van der Waals surface area contributed by atoms with Gasteiger partial charge in [-0.2, -0.15) is 0 Å². The van der Waals surface area contributed by atoms with E-state index < -0.39 is 0 Å². The fourth-order valence-corrected chi connectivity index (χ4v) is 4.04. The number of unbranched alkanes of at least 4 members (excludes halogenated alkanes) is 5. The normalized spacial score (nSPS) is 18.7. The molecule has 1 fully saturated rings. The van der Waals surface area contributed by atoms with Gasteiger partial charge in [0, 0.05) is 11.5 Å². The Kier molecular flexibility index (Phi) is 12.0. The quantitative estimate of drug-likeness (QED) is 0.244. The standard InChI is InChI=1S/C22H40O2/c1-3-5-6-7-11-14-17-22(20-24-21(23)4-2)18-15-12-9-8-10-13-16-19-22/h4H,2-3,5-20H2,1H3. The maximum atomic E-state index is 11.6. The predicted molar refractivity (Wildman–Crippen MR) is 103 cm³/mol. The van der Waals surface area contributed by atoms with Gasteiger partial charge in [0.1, 0.15) is 0 Å². The number of rotatable bonds is 10. The molecule has 1 aliphatic rings. The first-order valence-electron chi connectivity index (χ1n) is 10.5. The molecule has 2 heteroatoms. The van der Waals surface area contributed by atoms with Crippen molar-refractivity contribution in [3.05, 3.63) is 12.7 Å². The topological polar surface area (TPSA) is 26.3 Å². The number of ether oxygens (including phenoxy) is 1. The molecule has 0 bridgehead atoms. The zero-order chi connectivity index (χ0) is 17.5. The van der Waals surface area contributed by atoms with Crippen molar-refractivity contribution in [3.8, 4) is 0 Å². The first kappa shape index (κ1) is 21.3. The fraction of sp³-hybridized carbons (Fsp3) is 0.864. The molecule has 24 heavy (non-hydrogen) atoms. The second kappa shape index (κ2) is 13.5. The van der Waals surface area contributed by atoms with E-state index in [9.17, 15) is 4.79 Å². The van der Waals surface area contributed by atoms with Crippen molar-refractivity contribution < 1.29 is 9.53 Å². The van der Waals surface area contributed by atoms with E-state index in [0.717, 1.165) is 0 Å². The summed E-state index contributed by atoms with van der Waals surface area (Å²) in [6.45, 7) is 6.41. The van der Waals surface area contributed by atoms with Crippen LogP contribution in [0.4, 0.5) is 0 Å². The molecule has 0 unspecified atom stereocenters. The summed E-state index contributed by atoms with van der Waals surface area (Å²) < 4.78 is 5.54. The highest BCUT2D eigenvalue weighted by molar-refractivity contribution is 5.81. The minimum Gasteiger partial charge on any atom is -0.462 e. The van der Waals surface area contributed by atoms with Gasteiger partial charge in [-0.3, -0.25) is 0 Å². The van der Waals surface area contributed by atoms with Crippen molar-refractivity contribution in [1.82, 2.24) is 0 Å². The summed E-state index contributed by atoms with van der Waals surface area (Å²) in [5.74, 6) is -0.255. The number of carbonyl (C=O) groups is 1. The molecule has 0 aromatic rings. The largest absolute Gasteiger partial charge is 0.462 e. The second-order valence-corrected chi connectivity index (χ2v) is 7.80. The third-order valence-electron chi connectivity index (χ3n) is 5.66. The Balaban J connectivity index is 2.53. The predicted octanol–water partition coefficient (Wildman–Crippen LogP) is 6.98. The summed E-state index contributed by atoms with van der Waals surface area (Å²) in [6, 6.07) is 0. The van der Waals surface area contributed by atoms with E-state index in [-0.39, 0.29) is 11.4 Å². The number of carbonyl (C=O) groups excluding carboxylic acids is 1. The van der Waals surface area contributed by atoms with Gasteiger partial charge in [-0.15, -0.1) is 0 Å². The van der Waals surface area contributed by atoms with Crippen LogP contribution in [-0.4, -0.2) is 12.6 Å². The van der Waals surface area contributed by atoms with E-state index in [1.54, 1.807) is 0 Å². The van der Waals surface area contributed by atoms with E-state index in [1.165, 1.54) is 109 Å². The molecule has 0 aromatic heterocycles. The fourth-order valence-electron chi connectivity index (χ4n) is 4.04. The Morgan fingerprint density at radius 1 is 0.917 bits per heavy atom. The lowest BCUT2D eigenvalue weighted by Gasteiger charge is -2.34. The molecular weight excluding hydrogens is 296 g/mol. The van der Waals surface area contributed by atoms with Crippen LogP contribution in [0.25, 0.3) is 0 Å². The molecule has 0 radical (unpaired) electrons. The van der Waals surface area contributed by atoms with Crippen LogP contribution in [0.15, 0.2) is 12.7 Å². The molecule has 0 heterocycles. The molecule has 0 aromatic carbocycles. The van der Waals surface area contributed by atoms with Crippen molar-refractivity contribution in [1.29, 1.82) is 0 Å². The van der Waals surface area contributed by atoms with E-state index in [0.29, 0.717) is 6.61 Å². The Hall–Kier alpha value is -0.790. The smallest absolute Gasteiger partial charge is 0.330 e. The van der Waals surface area contributed by atoms with E-state index in [1.807, 2.05) is 0 Å². The van der Waals surface area contributed by atoms with Crippen molar-refractivity contribution >= 4 is 5.97 Å². The molecule has 0 saturated heterocycles. The van der Waals surface area contributed by atoms with E-state index in [4.69, 9.17) is 4.74 Å². The Bertz CT molecular complexity index is 325. The lowest BCUT2D eigenvalue weighted by molar-refractivity contribution is -0.142. The lowest BCUT2D eigenvalue weighted by atomic mass is 9.74. The van der Waals surface area contributed by atoms with Gasteiger partial charge in [-0.1, -0.05) is 97.0 Å². The van der Waals surface area contributed by atoms with Crippen LogP contribution >= 0.6 is 0 Å². The van der Waals surface area contributed by atoms with Crippen LogP contribution in [0.3, 0.4) is 0 Å². The molecule has 0 amide bonds. The zero-order valence-corrected chi connectivity index (χ0v) is 16.1. The molecule has 140 valence electrons. The van der Waals surface area contributed by atoms with Gasteiger partial charge >= 0.3 is 5.97 Å². The van der Waals surface area contributed by atoms with Crippen molar-refractivity contribution in [2.24, 2.45) is 5.41 Å². The maximum absolute atomic E-state index is 11.6. The first-order valence-corrected chi connectivity index (χ1v) is 10.5. The molecule has 1 aliphatic carbocycles. The average Bonchev–Trinajstić information content (AvgIpc) is 2.61. The average molecular weight is 337 g/mol. The summed E-state index contributed by atoms with van der Waals surface area (Å²) in [4.78, 5) is 11.6. The van der Waals surface area contributed by atoms with Gasteiger partial charge in [-0.05, 0) is 19.3 Å². The third-order valence-corrected chi connectivity index (χ3v) is 5.66. The van der Waals surface area contributed by atoms with Crippen molar-refractivity contribution in [2.45, 2.75) is 110 Å². The van der Waals surface area contributed by atoms with Crippen LogP contribution in [-0.2, 0) is 9.53 Å². The minimum atomic E-state index is -0.255. The molecular formula is C22H40O2. The number of hydrogen-bond donors (Lipinski definition) is 0. The van der Waals surface area contributed by atoms with Crippen LogP contribution in [0.5, 0.6) is 0 Å². The Labute approximate surface area is 150 Å². The molecule has 1 rings (SSSR count). The maximum Gasteiger partial charge on any atom is 0.330 e. The SMILES string of the molecule is C=CC(=O)OCC1(CCCCCCCC)CCCCCCCCC1. The van der Waals surface area contributed by atoms with Crippen LogP contribution < -0.4 is 0 Å². The first-order chi connectivity index (χ1) is 11.7. The van der Waals surface area contributed by atoms with Crippen molar-refractivity contribution in [2.75, 3.05) is 6.61 Å². The molecule has 0 aliphatic heterocycles. The van der Waals surface area contributed by atoms with Crippen LogP contribution in [0.1, 0.15) is 110 Å². The van der Waals surface area contributed by atoms with E-state index >= 15 is 0 Å².